The first kappa shape index (κ1) is 15.4. The van der Waals surface area contributed by atoms with Gasteiger partial charge < -0.3 is 9.14 Å². The van der Waals surface area contributed by atoms with E-state index in [2.05, 4.69) is 9.71 Å². The van der Waals surface area contributed by atoms with Gasteiger partial charge in [0.05, 0.1) is 23.4 Å². The zero-order chi connectivity index (χ0) is 16.6. The Balaban J connectivity index is 2.01. The second-order valence-corrected chi connectivity index (χ2v) is 6.86. The maximum atomic E-state index is 12.5. The lowest BCUT2D eigenvalue weighted by molar-refractivity contribution is 0.414. The van der Waals surface area contributed by atoms with E-state index in [1.54, 1.807) is 24.3 Å². The summed E-state index contributed by atoms with van der Waals surface area (Å²) in [6.45, 7) is 3.83. The average molecular weight is 331 g/mol. The van der Waals surface area contributed by atoms with Gasteiger partial charge in [-0.3, -0.25) is 4.72 Å². The van der Waals surface area contributed by atoms with Crippen LogP contribution in [-0.4, -0.2) is 24.9 Å². The first-order chi connectivity index (χ1) is 10.9. The number of imidazole rings is 1. The third kappa shape index (κ3) is 2.75. The molecule has 0 aliphatic carbocycles. The minimum atomic E-state index is -3.69. The number of methoxy groups -OCH3 is 1. The number of benzene rings is 1. The Morgan fingerprint density at radius 1 is 1.13 bits per heavy atom. The molecule has 0 aliphatic heterocycles. The predicted molar refractivity (Wildman–Crippen MR) is 88.5 cm³/mol. The van der Waals surface area contributed by atoms with Crippen LogP contribution in [0.15, 0.2) is 47.5 Å². The van der Waals surface area contributed by atoms with Gasteiger partial charge in [-0.25, -0.2) is 13.4 Å². The Bertz CT molecular complexity index is 960. The maximum Gasteiger partial charge on any atom is 0.262 e. The first-order valence-electron chi connectivity index (χ1n) is 7.03. The Labute approximate surface area is 134 Å². The van der Waals surface area contributed by atoms with E-state index in [1.807, 2.05) is 24.4 Å². The molecule has 1 N–H and O–H groups in total. The van der Waals surface area contributed by atoms with Gasteiger partial charge in [0, 0.05) is 11.9 Å². The Hall–Kier alpha value is -2.54. The molecule has 0 radical (unpaired) electrons. The molecular weight excluding hydrogens is 314 g/mol. The molecule has 7 heteroatoms. The van der Waals surface area contributed by atoms with E-state index in [-0.39, 0.29) is 4.90 Å². The monoisotopic (exact) mass is 331 g/mol. The summed E-state index contributed by atoms with van der Waals surface area (Å²) in [7, 11) is -2.16. The number of fused-ring (bicyclic) bond motifs is 1. The van der Waals surface area contributed by atoms with Gasteiger partial charge in [0.25, 0.3) is 10.0 Å². The minimum Gasteiger partial charge on any atom is -0.497 e. The van der Waals surface area contributed by atoms with Crippen LogP contribution in [-0.2, 0) is 10.0 Å². The molecule has 0 atom stereocenters. The summed E-state index contributed by atoms with van der Waals surface area (Å²) in [6.07, 6.45) is 1.86. The van der Waals surface area contributed by atoms with Crippen LogP contribution in [0.2, 0.25) is 0 Å². The highest BCUT2D eigenvalue weighted by Gasteiger charge is 2.17. The number of nitrogens with zero attached hydrogens (tertiary/aromatic N) is 2. The lowest BCUT2D eigenvalue weighted by atomic mass is 10.3. The van der Waals surface area contributed by atoms with Crippen LogP contribution < -0.4 is 9.46 Å². The summed E-state index contributed by atoms with van der Waals surface area (Å²) in [5, 5.41) is 0. The third-order valence-electron chi connectivity index (χ3n) is 3.74. The van der Waals surface area contributed by atoms with Crippen LogP contribution in [0, 0.1) is 13.8 Å². The number of nitrogens with one attached hydrogen (secondary N) is 1. The number of aryl methyl sites for hydroxylation is 2. The second kappa shape index (κ2) is 5.58. The van der Waals surface area contributed by atoms with Crippen LogP contribution in [0.5, 0.6) is 5.75 Å². The first-order valence-corrected chi connectivity index (χ1v) is 8.52. The molecule has 2 heterocycles. The minimum absolute atomic E-state index is 0.167. The fourth-order valence-corrected chi connectivity index (χ4v) is 3.40. The SMILES string of the molecule is COc1ccc(S(=O)(=O)Nc2cccn3c(C)c(C)nc23)cc1. The van der Waals surface area contributed by atoms with Crippen molar-refractivity contribution < 1.29 is 13.2 Å². The summed E-state index contributed by atoms with van der Waals surface area (Å²) < 4.78 is 34.6. The Morgan fingerprint density at radius 3 is 2.48 bits per heavy atom. The molecule has 0 bridgehead atoms. The standard InChI is InChI=1S/C16H17N3O3S/c1-11-12(2)19-10-4-5-15(16(19)17-11)18-23(20,21)14-8-6-13(22-3)7-9-14/h4-10,18H,1-3H3. The zero-order valence-corrected chi connectivity index (χ0v) is 13.9. The summed E-state index contributed by atoms with van der Waals surface area (Å²) >= 11 is 0. The molecular formula is C16H17N3O3S. The van der Waals surface area contributed by atoms with Gasteiger partial charge in [0.15, 0.2) is 5.65 Å². The van der Waals surface area contributed by atoms with Crippen molar-refractivity contribution in [3.8, 4) is 5.75 Å². The zero-order valence-electron chi connectivity index (χ0n) is 13.1. The van der Waals surface area contributed by atoms with E-state index in [9.17, 15) is 8.42 Å². The van der Waals surface area contributed by atoms with Crippen molar-refractivity contribution >= 4 is 21.4 Å². The summed E-state index contributed by atoms with van der Waals surface area (Å²) in [6, 6.07) is 9.71. The molecule has 6 nitrogen and oxygen atoms in total. The van der Waals surface area contributed by atoms with E-state index in [0.717, 1.165) is 11.4 Å². The lowest BCUT2D eigenvalue weighted by Gasteiger charge is -2.10. The largest absolute Gasteiger partial charge is 0.497 e. The van der Waals surface area contributed by atoms with Crippen molar-refractivity contribution in [2.24, 2.45) is 0 Å². The van der Waals surface area contributed by atoms with E-state index < -0.39 is 10.0 Å². The van der Waals surface area contributed by atoms with E-state index in [0.29, 0.717) is 17.1 Å². The molecule has 0 saturated carbocycles. The van der Waals surface area contributed by atoms with Crippen molar-refractivity contribution in [2.75, 3.05) is 11.8 Å². The molecule has 120 valence electrons. The van der Waals surface area contributed by atoms with Gasteiger partial charge in [-0.2, -0.15) is 0 Å². The number of rotatable bonds is 4. The fourth-order valence-electron chi connectivity index (χ4n) is 2.34. The number of sulfonamides is 1. The van der Waals surface area contributed by atoms with Gasteiger partial charge in [-0.15, -0.1) is 0 Å². The van der Waals surface area contributed by atoms with Crippen LogP contribution in [0.25, 0.3) is 5.65 Å². The maximum absolute atomic E-state index is 12.5. The third-order valence-corrected chi connectivity index (χ3v) is 5.12. The highest BCUT2D eigenvalue weighted by molar-refractivity contribution is 7.92. The molecule has 0 aliphatic rings. The van der Waals surface area contributed by atoms with E-state index in [1.165, 1.54) is 19.2 Å². The summed E-state index contributed by atoms with van der Waals surface area (Å²) in [5.74, 6) is 0.602. The smallest absolute Gasteiger partial charge is 0.262 e. The number of hydrogen-bond acceptors (Lipinski definition) is 4. The molecule has 0 unspecified atom stereocenters. The summed E-state index contributed by atoms with van der Waals surface area (Å²) in [4.78, 5) is 4.60. The van der Waals surface area contributed by atoms with Crippen molar-refractivity contribution in [3.05, 3.63) is 54.0 Å². The molecule has 0 saturated heterocycles. The van der Waals surface area contributed by atoms with Crippen LogP contribution in [0.1, 0.15) is 11.4 Å². The topological polar surface area (TPSA) is 72.7 Å². The van der Waals surface area contributed by atoms with Crippen LogP contribution in [0.4, 0.5) is 5.69 Å². The Morgan fingerprint density at radius 2 is 1.83 bits per heavy atom. The molecule has 0 fully saturated rings. The van der Waals surface area contributed by atoms with Gasteiger partial charge in [-0.1, -0.05) is 0 Å². The molecule has 0 spiro atoms. The predicted octanol–water partition coefficient (Wildman–Crippen LogP) is 2.76. The molecule has 1 aromatic carbocycles. The molecule has 3 rings (SSSR count). The van der Waals surface area contributed by atoms with Crippen molar-refractivity contribution in [1.82, 2.24) is 9.38 Å². The average Bonchev–Trinajstić information content (AvgIpc) is 2.84. The Kier molecular flexibility index (Phi) is 3.73. The molecule has 3 aromatic rings. The molecule has 2 aromatic heterocycles. The fraction of sp³-hybridized carbons (Fsp3) is 0.188. The van der Waals surface area contributed by atoms with Crippen molar-refractivity contribution in [3.63, 3.8) is 0 Å². The quantitative estimate of drug-likeness (QED) is 0.798. The van der Waals surface area contributed by atoms with Gasteiger partial charge in [-0.05, 0) is 50.2 Å². The van der Waals surface area contributed by atoms with Gasteiger partial charge in [0.2, 0.25) is 0 Å². The van der Waals surface area contributed by atoms with Gasteiger partial charge in [0.1, 0.15) is 5.75 Å². The van der Waals surface area contributed by atoms with Crippen molar-refractivity contribution in [2.45, 2.75) is 18.7 Å². The highest BCUT2D eigenvalue weighted by atomic mass is 32.2. The number of anilines is 1. The normalized spacial score (nSPS) is 11.6. The van der Waals surface area contributed by atoms with Gasteiger partial charge >= 0.3 is 0 Å². The number of aromatic nitrogens is 2. The molecule has 23 heavy (non-hydrogen) atoms. The lowest BCUT2D eigenvalue weighted by Crippen LogP contribution is -2.13. The number of hydrogen-bond donors (Lipinski definition) is 1. The van der Waals surface area contributed by atoms with Crippen LogP contribution >= 0.6 is 0 Å². The van der Waals surface area contributed by atoms with Crippen LogP contribution in [0.3, 0.4) is 0 Å². The van der Waals surface area contributed by atoms with Crippen molar-refractivity contribution in [1.29, 1.82) is 0 Å². The second-order valence-electron chi connectivity index (χ2n) is 5.18. The molecule has 0 amide bonds. The van der Waals surface area contributed by atoms with E-state index in [4.69, 9.17) is 4.74 Å². The van der Waals surface area contributed by atoms with E-state index >= 15 is 0 Å². The highest BCUT2D eigenvalue weighted by Crippen LogP contribution is 2.23. The number of ether oxygens (including phenoxy) is 1. The number of pyridine rings is 1. The summed E-state index contributed by atoms with van der Waals surface area (Å²) in [5.41, 5.74) is 2.87.